The van der Waals surface area contributed by atoms with Gasteiger partial charge >= 0.3 is 5.69 Å². The maximum absolute atomic E-state index is 14.0. The molecule has 4 heterocycles. The number of aryl methyl sites for hydroxylation is 1. The Morgan fingerprint density at radius 1 is 1.10 bits per heavy atom. The Morgan fingerprint density at radius 3 is 2.51 bits per heavy atom. The quantitative estimate of drug-likeness (QED) is 0.220. The van der Waals surface area contributed by atoms with E-state index in [-0.39, 0.29) is 29.1 Å². The Kier molecular flexibility index (Phi) is 7.85. The second kappa shape index (κ2) is 11.2. The summed E-state index contributed by atoms with van der Waals surface area (Å²) in [6.45, 7) is 14.4. The van der Waals surface area contributed by atoms with E-state index in [1.165, 1.54) is 17.0 Å². The number of piperazine rings is 1. The fourth-order valence-corrected chi connectivity index (χ4v) is 5.88. The largest absolute Gasteiger partial charge is 0.356 e. The van der Waals surface area contributed by atoms with Gasteiger partial charge in [0.15, 0.2) is 10.8 Å². The number of anilines is 1. The Hall–Kier alpha value is -3.82. The molecule has 9 nitrogen and oxygen atoms in total. The normalized spacial score (nSPS) is 17.4. The predicted molar refractivity (Wildman–Crippen MR) is 163 cm³/mol. The molecule has 41 heavy (non-hydrogen) atoms. The van der Waals surface area contributed by atoms with Crippen LogP contribution >= 0.6 is 23.2 Å². The number of hydrogen-bond donors (Lipinski definition) is 0. The molecule has 1 saturated heterocycles. The van der Waals surface area contributed by atoms with Crippen LogP contribution < -0.4 is 10.6 Å². The van der Waals surface area contributed by atoms with Crippen molar-refractivity contribution < 1.29 is 4.79 Å². The second-order valence-electron chi connectivity index (χ2n) is 10.7. The van der Waals surface area contributed by atoms with Gasteiger partial charge in [-0.25, -0.2) is 24.3 Å². The minimum absolute atomic E-state index is 0.0633. The molecular weight excluding hydrogens is 561 g/mol. The molecule has 0 unspecified atom stereocenters. The molecule has 1 fully saturated rings. The van der Waals surface area contributed by atoms with Crippen LogP contribution in [0.3, 0.4) is 0 Å². The molecule has 3 aromatic heterocycles. The summed E-state index contributed by atoms with van der Waals surface area (Å²) in [5.74, 6) is 0.243. The van der Waals surface area contributed by atoms with E-state index in [1.54, 1.807) is 11.0 Å². The first-order valence-electron chi connectivity index (χ1n) is 13.4. The maximum Gasteiger partial charge on any atom is 0.356 e. The van der Waals surface area contributed by atoms with E-state index in [1.807, 2.05) is 63.8 Å². The first-order chi connectivity index (χ1) is 19.5. The van der Waals surface area contributed by atoms with Crippen molar-refractivity contribution in [1.29, 1.82) is 0 Å². The third-order valence-corrected chi connectivity index (χ3v) is 8.06. The summed E-state index contributed by atoms with van der Waals surface area (Å²) in [6, 6.07) is 9.30. The number of amides is 1. The molecule has 1 aliphatic heterocycles. The van der Waals surface area contributed by atoms with Gasteiger partial charge < -0.3 is 9.80 Å². The van der Waals surface area contributed by atoms with Crippen molar-refractivity contribution in [1.82, 2.24) is 29.4 Å². The zero-order valence-electron chi connectivity index (χ0n) is 23.6. The summed E-state index contributed by atoms with van der Waals surface area (Å²) in [5.41, 5.74) is 3.06. The summed E-state index contributed by atoms with van der Waals surface area (Å²) in [7, 11) is 0. The van der Waals surface area contributed by atoms with Gasteiger partial charge in [-0.2, -0.15) is 4.98 Å². The van der Waals surface area contributed by atoms with Gasteiger partial charge in [0, 0.05) is 30.7 Å². The molecule has 1 aromatic carbocycles. The lowest BCUT2D eigenvalue weighted by molar-refractivity contribution is -0.128. The van der Waals surface area contributed by atoms with Gasteiger partial charge in [-0.05, 0) is 44.4 Å². The number of pyridine rings is 1. The number of carbonyl (C=O) groups excluding carboxylic acids is 1. The number of aromatic nitrogens is 5. The lowest BCUT2D eigenvalue weighted by Gasteiger charge is -2.44. The van der Waals surface area contributed by atoms with Gasteiger partial charge in [-0.15, -0.1) is 0 Å². The van der Waals surface area contributed by atoms with Gasteiger partial charge in [0.2, 0.25) is 5.91 Å². The Balaban J connectivity index is 1.83. The van der Waals surface area contributed by atoms with Crippen LogP contribution in [0.15, 0.2) is 54.1 Å². The third kappa shape index (κ3) is 5.08. The molecule has 0 spiro atoms. The van der Waals surface area contributed by atoms with Crippen LogP contribution in [0.1, 0.15) is 44.9 Å². The number of halogens is 2. The highest BCUT2D eigenvalue weighted by Gasteiger charge is 2.34. The van der Waals surface area contributed by atoms with Crippen molar-refractivity contribution >= 4 is 46.0 Å². The van der Waals surface area contributed by atoms with Gasteiger partial charge in [-0.3, -0.25) is 4.79 Å². The van der Waals surface area contributed by atoms with Crippen molar-refractivity contribution in [2.75, 3.05) is 18.0 Å². The number of benzene rings is 1. The molecule has 1 amide bonds. The number of hydrogen-bond acceptors (Lipinski definition) is 7. The topological polar surface area (TPSA) is 97.1 Å². The monoisotopic (exact) mass is 591 g/mol. The second-order valence-corrected chi connectivity index (χ2v) is 11.4. The fraction of sp³-hybridized carbons (Fsp3) is 0.333. The van der Waals surface area contributed by atoms with Crippen LogP contribution in [0, 0.1) is 6.92 Å². The molecule has 2 atom stereocenters. The van der Waals surface area contributed by atoms with Crippen molar-refractivity contribution in [3.05, 3.63) is 81.2 Å². The summed E-state index contributed by atoms with van der Waals surface area (Å²) in [6.07, 6.45) is 2.70. The molecule has 0 bridgehead atoms. The predicted octanol–water partition coefficient (Wildman–Crippen LogP) is 5.59. The molecular formula is C30H31Cl2N7O2. The lowest BCUT2D eigenvalue weighted by atomic mass is 10.0. The Morgan fingerprint density at radius 2 is 1.83 bits per heavy atom. The first kappa shape index (κ1) is 28.7. The van der Waals surface area contributed by atoms with Crippen LogP contribution in [0.25, 0.3) is 28.0 Å². The molecule has 1 aliphatic rings. The van der Waals surface area contributed by atoms with E-state index in [2.05, 4.69) is 21.5 Å². The molecule has 4 aromatic rings. The molecule has 0 saturated carbocycles. The van der Waals surface area contributed by atoms with Gasteiger partial charge in [0.25, 0.3) is 0 Å². The Bertz CT molecular complexity index is 1740. The Labute approximate surface area is 248 Å². The molecule has 0 aliphatic carbocycles. The smallest absolute Gasteiger partial charge is 0.349 e. The number of nitrogens with zero attached hydrogens (tertiary/aromatic N) is 7. The standard InChI is InChI=1S/C30H31Cl2N7O2/c1-7-23(40)37-13-19(6)38(14-18(37)5)28-21-12-22(31)25(20-11-9-8-10-17(20)4)35-29(21)39(30(41)36-28)26-24(16(2)3)33-15-34-27(26)32/h7-12,15-16,18-19H,1,13-14H2,2-6H3/t18-,19+/m1/s1. The van der Waals surface area contributed by atoms with E-state index >= 15 is 0 Å². The van der Waals surface area contributed by atoms with E-state index in [9.17, 15) is 9.59 Å². The van der Waals surface area contributed by atoms with Crippen molar-refractivity contribution in [2.45, 2.75) is 52.6 Å². The maximum atomic E-state index is 14.0. The number of fused-ring (bicyclic) bond motifs is 1. The van der Waals surface area contributed by atoms with E-state index in [0.717, 1.165) is 11.1 Å². The average molecular weight is 593 g/mol. The van der Waals surface area contributed by atoms with Crippen molar-refractivity contribution in [2.24, 2.45) is 0 Å². The average Bonchev–Trinajstić information content (AvgIpc) is 2.94. The van der Waals surface area contributed by atoms with Crippen molar-refractivity contribution in [3.8, 4) is 16.9 Å². The number of carbonyl (C=O) groups is 1. The third-order valence-electron chi connectivity index (χ3n) is 7.49. The highest BCUT2D eigenvalue weighted by Crippen LogP contribution is 2.37. The highest BCUT2D eigenvalue weighted by molar-refractivity contribution is 6.34. The summed E-state index contributed by atoms with van der Waals surface area (Å²) in [4.78, 5) is 48.5. The number of rotatable bonds is 5. The molecule has 0 radical (unpaired) electrons. The first-order valence-corrected chi connectivity index (χ1v) is 14.2. The SMILES string of the molecule is C=CC(=O)N1C[C@H](C)N(c2nc(=O)n(-c3c(Cl)ncnc3C(C)C)c3nc(-c4ccccc4C)c(Cl)cc23)C[C@H]1C. The van der Waals surface area contributed by atoms with Crippen LogP contribution in [-0.4, -0.2) is 60.5 Å². The van der Waals surface area contributed by atoms with Crippen LogP contribution in [0.2, 0.25) is 10.2 Å². The molecule has 11 heteroatoms. The fourth-order valence-electron chi connectivity index (χ4n) is 5.40. The summed E-state index contributed by atoms with van der Waals surface area (Å²) in [5, 5.41) is 1.11. The van der Waals surface area contributed by atoms with Gasteiger partial charge in [-0.1, -0.05) is 67.9 Å². The lowest BCUT2D eigenvalue weighted by Crippen LogP contribution is -2.58. The highest BCUT2D eigenvalue weighted by atomic mass is 35.5. The summed E-state index contributed by atoms with van der Waals surface area (Å²) >= 11 is 13.5. The van der Waals surface area contributed by atoms with Gasteiger partial charge in [0.05, 0.1) is 21.8 Å². The zero-order chi connectivity index (χ0) is 29.6. The van der Waals surface area contributed by atoms with Crippen LogP contribution in [-0.2, 0) is 4.79 Å². The van der Waals surface area contributed by atoms with E-state index < -0.39 is 5.69 Å². The van der Waals surface area contributed by atoms with E-state index in [4.69, 9.17) is 28.2 Å². The minimum Gasteiger partial charge on any atom is -0.349 e. The molecule has 5 rings (SSSR count). The molecule has 0 N–H and O–H groups in total. The van der Waals surface area contributed by atoms with Crippen LogP contribution in [0.5, 0.6) is 0 Å². The summed E-state index contributed by atoms with van der Waals surface area (Å²) < 4.78 is 1.39. The van der Waals surface area contributed by atoms with Crippen LogP contribution in [0.4, 0.5) is 5.82 Å². The molecule has 212 valence electrons. The van der Waals surface area contributed by atoms with Gasteiger partial charge in [0.1, 0.15) is 17.8 Å². The van der Waals surface area contributed by atoms with Crippen molar-refractivity contribution in [3.63, 3.8) is 0 Å². The zero-order valence-corrected chi connectivity index (χ0v) is 25.1. The van der Waals surface area contributed by atoms with E-state index in [0.29, 0.717) is 52.0 Å². The minimum atomic E-state index is -0.568.